The van der Waals surface area contributed by atoms with Gasteiger partial charge in [0.15, 0.2) is 0 Å². The first kappa shape index (κ1) is 16.9. The molecule has 1 aliphatic rings. The van der Waals surface area contributed by atoms with Crippen molar-refractivity contribution in [2.24, 2.45) is 5.92 Å². The Morgan fingerprint density at radius 2 is 1.68 bits per heavy atom. The maximum atomic E-state index is 12.8. The van der Waals surface area contributed by atoms with Gasteiger partial charge in [0.05, 0.1) is 0 Å². The summed E-state index contributed by atoms with van der Waals surface area (Å²) in [7, 11) is -3.32. The largest absolute Gasteiger partial charge is 0.314 e. The predicted molar refractivity (Wildman–Crippen MR) is 79.3 cm³/mol. The fourth-order valence-electron chi connectivity index (χ4n) is 2.51. The van der Waals surface area contributed by atoms with Crippen molar-refractivity contribution >= 4 is 10.2 Å². The molecule has 0 aromatic rings. The second-order valence-corrected chi connectivity index (χ2v) is 7.47. The zero-order valence-electron chi connectivity index (χ0n) is 12.7. The standard InChI is InChI=1S/C13H29N3O2S/c1-5-13(6-2)16(11-12(3)4)19(17,18)15-9-7-14-8-10-15/h12-14H,5-11H2,1-4H3. The molecule has 0 atom stereocenters. The fourth-order valence-corrected chi connectivity index (χ4v) is 4.61. The normalized spacial score (nSPS) is 18.7. The van der Waals surface area contributed by atoms with Crippen molar-refractivity contribution in [2.75, 3.05) is 32.7 Å². The molecule has 0 amide bonds. The summed E-state index contributed by atoms with van der Waals surface area (Å²) in [5, 5.41) is 3.20. The quantitative estimate of drug-likeness (QED) is 0.769. The summed E-state index contributed by atoms with van der Waals surface area (Å²) in [5.41, 5.74) is 0. The summed E-state index contributed by atoms with van der Waals surface area (Å²) >= 11 is 0. The molecule has 0 aliphatic carbocycles. The molecule has 1 rings (SSSR count). The van der Waals surface area contributed by atoms with Crippen molar-refractivity contribution in [3.63, 3.8) is 0 Å². The first-order valence-corrected chi connectivity index (χ1v) is 8.80. The Labute approximate surface area is 118 Å². The van der Waals surface area contributed by atoms with Crippen molar-refractivity contribution in [1.82, 2.24) is 13.9 Å². The van der Waals surface area contributed by atoms with Crippen LogP contribution in [-0.4, -0.2) is 55.8 Å². The van der Waals surface area contributed by atoms with Gasteiger partial charge in [0.1, 0.15) is 0 Å². The van der Waals surface area contributed by atoms with Gasteiger partial charge in [0, 0.05) is 38.8 Å². The number of piperazine rings is 1. The predicted octanol–water partition coefficient (Wildman–Crippen LogP) is 1.28. The third-order valence-corrected chi connectivity index (χ3v) is 5.65. The summed E-state index contributed by atoms with van der Waals surface area (Å²) in [5.74, 6) is 0.346. The van der Waals surface area contributed by atoms with E-state index in [1.54, 1.807) is 8.61 Å². The van der Waals surface area contributed by atoms with E-state index >= 15 is 0 Å². The Balaban J connectivity index is 2.93. The maximum Gasteiger partial charge on any atom is 0.282 e. The van der Waals surface area contributed by atoms with Crippen LogP contribution in [-0.2, 0) is 10.2 Å². The SMILES string of the molecule is CCC(CC)N(CC(C)C)S(=O)(=O)N1CCNCC1. The van der Waals surface area contributed by atoms with E-state index in [1.165, 1.54) is 0 Å². The van der Waals surface area contributed by atoms with E-state index in [0.29, 0.717) is 25.6 Å². The summed E-state index contributed by atoms with van der Waals surface area (Å²) < 4.78 is 29.0. The number of nitrogens with one attached hydrogen (secondary N) is 1. The fraction of sp³-hybridized carbons (Fsp3) is 1.00. The highest BCUT2D eigenvalue weighted by Gasteiger charge is 2.34. The van der Waals surface area contributed by atoms with Crippen molar-refractivity contribution in [2.45, 2.75) is 46.6 Å². The summed E-state index contributed by atoms with van der Waals surface area (Å²) in [6.45, 7) is 11.5. The lowest BCUT2D eigenvalue weighted by Gasteiger charge is -2.37. The molecule has 0 bridgehead atoms. The van der Waals surface area contributed by atoms with Crippen LogP contribution in [0.25, 0.3) is 0 Å². The lowest BCUT2D eigenvalue weighted by atomic mass is 10.1. The van der Waals surface area contributed by atoms with Crippen LogP contribution in [0.3, 0.4) is 0 Å². The van der Waals surface area contributed by atoms with Gasteiger partial charge in [-0.1, -0.05) is 27.7 Å². The van der Waals surface area contributed by atoms with Gasteiger partial charge in [0.2, 0.25) is 0 Å². The van der Waals surface area contributed by atoms with E-state index in [-0.39, 0.29) is 6.04 Å². The van der Waals surface area contributed by atoms with Crippen LogP contribution in [0.15, 0.2) is 0 Å². The van der Waals surface area contributed by atoms with E-state index in [0.717, 1.165) is 25.9 Å². The van der Waals surface area contributed by atoms with Crippen LogP contribution in [0.1, 0.15) is 40.5 Å². The Morgan fingerprint density at radius 1 is 1.16 bits per heavy atom. The molecule has 114 valence electrons. The van der Waals surface area contributed by atoms with Gasteiger partial charge in [-0.15, -0.1) is 0 Å². The van der Waals surface area contributed by atoms with Gasteiger partial charge >= 0.3 is 0 Å². The highest BCUT2D eigenvalue weighted by Crippen LogP contribution is 2.19. The van der Waals surface area contributed by atoms with Crippen LogP contribution in [0, 0.1) is 5.92 Å². The van der Waals surface area contributed by atoms with Gasteiger partial charge in [-0.3, -0.25) is 0 Å². The van der Waals surface area contributed by atoms with Gasteiger partial charge < -0.3 is 5.32 Å². The third kappa shape index (κ3) is 4.41. The van der Waals surface area contributed by atoms with Crippen molar-refractivity contribution in [1.29, 1.82) is 0 Å². The molecular weight excluding hydrogens is 262 g/mol. The van der Waals surface area contributed by atoms with E-state index < -0.39 is 10.2 Å². The summed E-state index contributed by atoms with van der Waals surface area (Å²) in [4.78, 5) is 0. The highest BCUT2D eigenvalue weighted by atomic mass is 32.2. The minimum absolute atomic E-state index is 0.113. The van der Waals surface area contributed by atoms with Crippen molar-refractivity contribution in [3.8, 4) is 0 Å². The lowest BCUT2D eigenvalue weighted by molar-refractivity contribution is 0.243. The second-order valence-electron chi connectivity index (χ2n) is 5.59. The third-order valence-electron chi connectivity index (χ3n) is 3.59. The molecule has 6 heteroatoms. The Morgan fingerprint density at radius 3 is 2.11 bits per heavy atom. The van der Waals surface area contributed by atoms with Crippen LogP contribution < -0.4 is 5.32 Å². The van der Waals surface area contributed by atoms with E-state index in [4.69, 9.17) is 0 Å². The molecule has 19 heavy (non-hydrogen) atoms. The molecule has 0 saturated carbocycles. The van der Waals surface area contributed by atoms with Gasteiger partial charge in [-0.2, -0.15) is 17.0 Å². The van der Waals surface area contributed by atoms with Crippen molar-refractivity contribution in [3.05, 3.63) is 0 Å². The monoisotopic (exact) mass is 291 g/mol. The van der Waals surface area contributed by atoms with Crippen molar-refractivity contribution < 1.29 is 8.42 Å². The molecule has 0 aromatic carbocycles. The lowest BCUT2D eigenvalue weighted by Crippen LogP contribution is -2.54. The maximum absolute atomic E-state index is 12.8. The minimum Gasteiger partial charge on any atom is -0.314 e. The molecular formula is C13H29N3O2S. The van der Waals surface area contributed by atoms with Gasteiger partial charge in [-0.05, 0) is 18.8 Å². The van der Waals surface area contributed by atoms with Crippen LogP contribution in [0.4, 0.5) is 0 Å². The van der Waals surface area contributed by atoms with Gasteiger partial charge in [-0.25, -0.2) is 0 Å². The van der Waals surface area contributed by atoms with E-state index in [9.17, 15) is 8.42 Å². The van der Waals surface area contributed by atoms with Crippen LogP contribution in [0.2, 0.25) is 0 Å². The first-order valence-electron chi connectivity index (χ1n) is 7.41. The Hall–Kier alpha value is -0.170. The molecule has 1 saturated heterocycles. The molecule has 5 nitrogen and oxygen atoms in total. The average molecular weight is 291 g/mol. The van der Waals surface area contributed by atoms with E-state index in [1.807, 2.05) is 0 Å². The van der Waals surface area contributed by atoms with Crippen LogP contribution in [0.5, 0.6) is 0 Å². The number of hydrogen-bond donors (Lipinski definition) is 1. The Kier molecular flexibility index (Phi) is 6.73. The van der Waals surface area contributed by atoms with Crippen LogP contribution >= 0.6 is 0 Å². The molecule has 0 spiro atoms. The number of nitrogens with zero attached hydrogens (tertiary/aromatic N) is 2. The molecule has 1 aliphatic heterocycles. The molecule has 0 unspecified atom stereocenters. The number of rotatable bonds is 7. The molecule has 1 heterocycles. The molecule has 0 aromatic heterocycles. The summed E-state index contributed by atoms with van der Waals surface area (Å²) in [6, 6.07) is 0.113. The second kappa shape index (κ2) is 7.57. The summed E-state index contributed by atoms with van der Waals surface area (Å²) in [6.07, 6.45) is 1.74. The molecule has 1 N–H and O–H groups in total. The zero-order valence-corrected chi connectivity index (χ0v) is 13.5. The Bertz CT molecular complexity index is 347. The molecule has 1 fully saturated rings. The highest BCUT2D eigenvalue weighted by molar-refractivity contribution is 7.86. The zero-order chi connectivity index (χ0) is 14.5. The first-order chi connectivity index (χ1) is 8.93. The average Bonchev–Trinajstić information content (AvgIpc) is 2.39. The topological polar surface area (TPSA) is 52.7 Å². The van der Waals surface area contributed by atoms with E-state index in [2.05, 4.69) is 33.0 Å². The minimum atomic E-state index is -3.32. The molecule has 0 radical (unpaired) electrons. The smallest absolute Gasteiger partial charge is 0.282 e. The van der Waals surface area contributed by atoms with Gasteiger partial charge in [0.25, 0.3) is 10.2 Å². The number of hydrogen-bond acceptors (Lipinski definition) is 3.